The molecule has 2 aliphatic carbocycles. The number of aryl methyl sites for hydroxylation is 1. The van der Waals surface area contributed by atoms with Gasteiger partial charge in [0, 0.05) is 43.6 Å². The zero-order valence-electron chi connectivity index (χ0n) is 29.5. The molecule has 10 nitrogen and oxygen atoms in total. The van der Waals surface area contributed by atoms with Gasteiger partial charge in [-0.05, 0) is 97.2 Å². The molecular weight excluding hydrogens is 611 g/mol. The number of benzene rings is 1. The van der Waals surface area contributed by atoms with E-state index in [0.717, 1.165) is 39.8 Å². The fraction of sp³-hybridized carbons (Fsp3) is 0.611. The molecule has 0 unspecified atom stereocenters. The molecule has 2 amide bonds. The molecule has 2 saturated carbocycles. The van der Waals surface area contributed by atoms with Gasteiger partial charge in [0.1, 0.15) is 30.0 Å². The van der Waals surface area contributed by atoms with Gasteiger partial charge in [0.25, 0.3) is 5.91 Å². The molecule has 0 saturated heterocycles. The lowest BCUT2D eigenvalue weighted by Gasteiger charge is -2.42. The van der Waals surface area contributed by atoms with E-state index in [9.17, 15) is 14.7 Å². The van der Waals surface area contributed by atoms with Crippen molar-refractivity contribution in [2.24, 2.45) is 5.92 Å². The van der Waals surface area contributed by atoms with Gasteiger partial charge in [0.05, 0.1) is 17.7 Å². The fourth-order valence-corrected chi connectivity index (χ4v) is 7.39. The van der Waals surface area contributed by atoms with Crippen molar-refractivity contribution in [3.8, 4) is 17.0 Å². The minimum Gasteiger partial charge on any atom is -0.493 e. The second-order valence-corrected chi connectivity index (χ2v) is 21.3. The third-order valence-electron chi connectivity index (χ3n) is 9.43. The highest BCUT2D eigenvalue weighted by molar-refractivity contribution is 6.76. The average molecular weight is 664 g/mol. The summed E-state index contributed by atoms with van der Waals surface area (Å²) < 4.78 is 14.6. The van der Waals surface area contributed by atoms with E-state index < -0.39 is 19.7 Å². The van der Waals surface area contributed by atoms with E-state index >= 15 is 0 Å². The van der Waals surface area contributed by atoms with Crippen LogP contribution in [0.4, 0.5) is 4.79 Å². The predicted octanol–water partition coefficient (Wildman–Crippen LogP) is 7.64. The van der Waals surface area contributed by atoms with Crippen LogP contribution in [0.5, 0.6) is 5.75 Å². The highest BCUT2D eigenvalue weighted by Gasteiger charge is 2.36. The first-order valence-electron chi connectivity index (χ1n) is 17.1. The van der Waals surface area contributed by atoms with E-state index in [1.165, 1.54) is 19.2 Å². The second-order valence-electron chi connectivity index (χ2n) is 15.7. The molecule has 2 aromatic heterocycles. The summed E-state index contributed by atoms with van der Waals surface area (Å²) in [6.07, 6.45) is 5.85. The molecule has 2 heterocycles. The summed E-state index contributed by atoms with van der Waals surface area (Å²) in [6, 6.07) is 7.08. The minimum atomic E-state index is -1.30. The Labute approximate surface area is 280 Å². The Morgan fingerprint density at radius 1 is 1.06 bits per heavy atom. The van der Waals surface area contributed by atoms with Gasteiger partial charge in [-0.2, -0.15) is 0 Å². The molecule has 11 heteroatoms. The number of fused-ring (bicyclic) bond motifs is 1. The van der Waals surface area contributed by atoms with Crippen LogP contribution in [0.1, 0.15) is 80.9 Å². The molecular formula is C36H53N5O5Si. The van der Waals surface area contributed by atoms with Gasteiger partial charge >= 0.3 is 6.09 Å². The van der Waals surface area contributed by atoms with E-state index in [0.29, 0.717) is 55.9 Å². The number of hydrogen-bond donors (Lipinski definition) is 2. The Hall–Kier alpha value is -3.44. The van der Waals surface area contributed by atoms with Crippen molar-refractivity contribution < 1.29 is 24.2 Å². The lowest BCUT2D eigenvalue weighted by atomic mass is 9.88. The number of carbonyl (C=O) groups is 2. The maximum atomic E-state index is 14.1. The van der Waals surface area contributed by atoms with Crippen molar-refractivity contribution in [3.05, 3.63) is 41.3 Å². The molecule has 0 bridgehead atoms. The molecule has 0 radical (unpaired) electrons. The Morgan fingerprint density at radius 2 is 1.77 bits per heavy atom. The first-order valence-corrected chi connectivity index (χ1v) is 20.8. The first kappa shape index (κ1) is 34.9. The first-order chi connectivity index (χ1) is 22.1. The Kier molecular flexibility index (Phi) is 10.4. The number of aromatic nitrogens is 3. The summed E-state index contributed by atoms with van der Waals surface area (Å²) >= 11 is 0. The van der Waals surface area contributed by atoms with Crippen molar-refractivity contribution in [2.75, 3.05) is 13.2 Å². The van der Waals surface area contributed by atoms with E-state index in [1.54, 1.807) is 4.90 Å². The van der Waals surface area contributed by atoms with Crippen LogP contribution in [0, 0.1) is 19.8 Å². The summed E-state index contributed by atoms with van der Waals surface area (Å²) in [5, 5.41) is 13.2. The fourth-order valence-electron chi connectivity index (χ4n) is 6.63. The summed E-state index contributed by atoms with van der Waals surface area (Å²) in [7, 11) is -1.30. The molecule has 256 valence electrons. The number of hydrogen-bond acceptors (Lipinski definition) is 6. The molecule has 3 aromatic rings. The summed E-state index contributed by atoms with van der Waals surface area (Å²) in [5.41, 5.74) is 4.85. The monoisotopic (exact) mass is 663 g/mol. The third-order valence-corrected chi connectivity index (χ3v) is 11.1. The number of ether oxygens (including phenoxy) is 2. The van der Waals surface area contributed by atoms with Crippen molar-refractivity contribution in [2.45, 2.75) is 123 Å². The van der Waals surface area contributed by atoms with Crippen LogP contribution in [-0.2, 0) is 11.5 Å². The van der Waals surface area contributed by atoms with E-state index in [1.807, 2.05) is 38.3 Å². The van der Waals surface area contributed by atoms with Crippen LogP contribution < -0.4 is 10.1 Å². The normalized spacial score (nSPS) is 18.7. The van der Waals surface area contributed by atoms with Gasteiger partial charge in [-0.1, -0.05) is 31.3 Å². The molecule has 47 heavy (non-hydrogen) atoms. The van der Waals surface area contributed by atoms with E-state index in [2.05, 4.69) is 44.0 Å². The van der Waals surface area contributed by atoms with Crippen LogP contribution in [0.2, 0.25) is 25.7 Å². The lowest BCUT2D eigenvalue weighted by molar-refractivity contribution is 0.0519. The number of nitrogens with zero attached hydrogens (tertiary/aromatic N) is 4. The molecule has 0 spiro atoms. The van der Waals surface area contributed by atoms with Gasteiger partial charge in [-0.3, -0.25) is 4.79 Å². The zero-order valence-corrected chi connectivity index (χ0v) is 30.5. The van der Waals surface area contributed by atoms with Gasteiger partial charge in [0.2, 0.25) is 0 Å². The van der Waals surface area contributed by atoms with Crippen molar-refractivity contribution in [3.63, 3.8) is 0 Å². The van der Waals surface area contributed by atoms with Gasteiger partial charge < -0.3 is 29.4 Å². The average Bonchev–Trinajstić information content (AvgIpc) is 3.76. The predicted molar refractivity (Wildman–Crippen MR) is 188 cm³/mol. The molecule has 5 rings (SSSR count). The number of rotatable bonds is 12. The Morgan fingerprint density at radius 3 is 2.38 bits per heavy atom. The molecule has 2 fully saturated rings. The maximum Gasteiger partial charge on any atom is 0.407 e. The molecule has 2 N–H and O–H groups in total. The standard InChI is InChI=1S/C36H53N5O5Si/c1-23-9-16-29(46-20-25-10-11-25)28(19-23)31-33-32(38-21-37-31)30(24(2)40(33)22-45-17-18-47(6,7)8)34(42)39-26-12-14-27(15-13-26)41(35(43)44)36(3,4)5/h9,16,19,21,25-27H,10-15,17-18,20,22H2,1-8H3,(H,39,42)(H,43,44)/t26-,27-. The van der Waals surface area contributed by atoms with Gasteiger partial charge in [-0.25, -0.2) is 14.8 Å². The highest BCUT2D eigenvalue weighted by Crippen LogP contribution is 2.38. The van der Waals surface area contributed by atoms with Crippen LogP contribution >= 0.6 is 0 Å². The largest absolute Gasteiger partial charge is 0.493 e. The SMILES string of the molecule is Cc1ccc(OCC2CC2)c(-c2ncnc3c(C(=O)N[C@H]4CC[C@H](N(C(=O)O)C(C)(C)C)CC4)c(C)n(COCC[Si](C)(C)C)c23)c1. The summed E-state index contributed by atoms with van der Waals surface area (Å²) in [4.78, 5) is 37.2. The van der Waals surface area contributed by atoms with Crippen LogP contribution in [0.3, 0.4) is 0 Å². The number of carboxylic acid groups (broad SMARTS) is 1. The molecule has 1 aromatic carbocycles. The van der Waals surface area contributed by atoms with Crippen LogP contribution in [0.25, 0.3) is 22.3 Å². The third kappa shape index (κ3) is 8.35. The highest BCUT2D eigenvalue weighted by atomic mass is 28.3. The summed E-state index contributed by atoms with van der Waals surface area (Å²) in [6.45, 7) is 18.4. The summed E-state index contributed by atoms with van der Waals surface area (Å²) in [5.74, 6) is 1.20. The van der Waals surface area contributed by atoms with Crippen molar-refractivity contribution in [1.82, 2.24) is 24.8 Å². The lowest BCUT2D eigenvalue weighted by Crippen LogP contribution is -2.53. The maximum absolute atomic E-state index is 14.1. The van der Waals surface area contributed by atoms with Gasteiger partial charge in [-0.15, -0.1) is 0 Å². The minimum absolute atomic E-state index is 0.0549. The van der Waals surface area contributed by atoms with Crippen LogP contribution in [0.15, 0.2) is 24.5 Å². The number of nitrogens with one attached hydrogen (secondary N) is 1. The topological polar surface area (TPSA) is 119 Å². The quantitative estimate of drug-likeness (QED) is 0.151. The molecule has 0 atom stereocenters. The number of carbonyl (C=O) groups excluding carboxylic acids is 1. The van der Waals surface area contributed by atoms with Gasteiger partial charge in [0.15, 0.2) is 0 Å². The molecule has 0 aliphatic heterocycles. The van der Waals surface area contributed by atoms with Crippen LogP contribution in [-0.4, -0.2) is 75.5 Å². The Bertz CT molecular complexity index is 1600. The van der Waals surface area contributed by atoms with Crippen molar-refractivity contribution >= 4 is 31.1 Å². The molecule has 2 aliphatic rings. The second kappa shape index (κ2) is 14.0. The zero-order chi connectivity index (χ0) is 34.1. The van der Waals surface area contributed by atoms with E-state index in [4.69, 9.17) is 19.4 Å². The Balaban J connectivity index is 1.46. The number of amides is 2. The smallest absolute Gasteiger partial charge is 0.407 e. The van der Waals surface area contributed by atoms with E-state index in [-0.39, 0.29) is 24.7 Å². The van der Waals surface area contributed by atoms with Crippen molar-refractivity contribution in [1.29, 1.82) is 0 Å².